The number of carbonyl (C=O) groups excluding carboxylic acids is 1. The summed E-state index contributed by atoms with van der Waals surface area (Å²) in [7, 11) is 0. The Balaban J connectivity index is 1.85. The summed E-state index contributed by atoms with van der Waals surface area (Å²) in [5.41, 5.74) is 2.39. The van der Waals surface area contributed by atoms with Crippen molar-refractivity contribution in [3.8, 4) is 6.07 Å². The average Bonchev–Trinajstić information content (AvgIpc) is 2.54. The van der Waals surface area contributed by atoms with Crippen molar-refractivity contribution in [3.63, 3.8) is 0 Å². The number of hydrogen-bond donors (Lipinski definition) is 1. The summed E-state index contributed by atoms with van der Waals surface area (Å²) in [5, 5.41) is 11.7. The van der Waals surface area contributed by atoms with Gasteiger partial charge >= 0.3 is 0 Å². The Kier molecular flexibility index (Phi) is 5.74. The Bertz CT molecular complexity index is 672. The number of amides is 1. The molecule has 0 aromatic heterocycles. The second kappa shape index (κ2) is 7.77. The van der Waals surface area contributed by atoms with Gasteiger partial charge in [-0.15, -0.1) is 0 Å². The summed E-state index contributed by atoms with van der Waals surface area (Å²) in [5.74, 6) is -0.104. The quantitative estimate of drug-likeness (QED) is 0.877. The number of aryl methyl sites for hydroxylation is 1. The molecule has 112 valence electrons. The second-order valence-corrected chi connectivity index (χ2v) is 6.14. The van der Waals surface area contributed by atoms with Crippen molar-refractivity contribution >= 4 is 21.8 Å². The lowest BCUT2D eigenvalue weighted by atomic mass is 10.1. The van der Waals surface area contributed by atoms with Crippen LogP contribution in [0.2, 0.25) is 0 Å². The van der Waals surface area contributed by atoms with Crippen LogP contribution in [0.5, 0.6) is 0 Å². The van der Waals surface area contributed by atoms with Crippen LogP contribution >= 0.6 is 15.9 Å². The van der Waals surface area contributed by atoms with Crippen LogP contribution in [0.1, 0.15) is 34.8 Å². The van der Waals surface area contributed by atoms with Gasteiger partial charge < -0.3 is 5.32 Å². The van der Waals surface area contributed by atoms with E-state index in [1.54, 1.807) is 24.3 Å². The Morgan fingerprint density at radius 3 is 2.41 bits per heavy atom. The van der Waals surface area contributed by atoms with E-state index < -0.39 is 0 Å². The van der Waals surface area contributed by atoms with Crippen molar-refractivity contribution in [1.82, 2.24) is 5.32 Å². The molecule has 3 nitrogen and oxygen atoms in total. The first-order chi connectivity index (χ1) is 10.6. The third kappa shape index (κ3) is 4.71. The highest BCUT2D eigenvalue weighted by atomic mass is 79.9. The zero-order chi connectivity index (χ0) is 15.9. The standard InChI is InChI=1S/C18H17BrN2O/c1-13(2-3-14-6-10-17(19)11-7-14)21-18(22)16-8-4-15(12-20)5-9-16/h4-11,13H,2-3H2,1H3,(H,21,22). The molecular weight excluding hydrogens is 340 g/mol. The van der Waals surface area contributed by atoms with Gasteiger partial charge in [-0.3, -0.25) is 4.79 Å². The third-order valence-corrected chi connectivity index (χ3v) is 3.96. The molecule has 2 aromatic carbocycles. The summed E-state index contributed by atoms with van der Waals surface area (Å²) in [6.07, 6.45) is 1.80. The minimum absolute atomic E-state index is 0.0896. The first-order valence-electron chi connectivity index (χ1n) is 7.14. The SMILES string of the molecule is CC(CCc1ccc(Br)cc1)NC(=O)c1ccc(C#N)cc1. The lowest BCUT2D eigenvalue weighted by molar-refractivity contribution is 0.0938. The largest absolute Gasteiger partial charge is 0.350 e. The number of rotatable bonds is 5. The first kappa shape index (κ1) is 16.3. The van der Waals surface area contributed by atoms with E-state index in [9.17, 15) is 4.79 Å². The molecule has 22 heavy (non-hydrogen) atoms. The van der Waals surface area contributed by atoms with E-state index in [2.05, 4.69) is 33.4 Å². The minimum atomic E-state index is -0.104. The lowest BCUT2D eigenvalue weighted by Crippen LogP contribution is -2.32. The molecule has 0 fully saturated rings. The second-order valence-electron chi connectivity index (χ2n) is 5.23. The van der Waals surface area contributed by atoms with Gasteiger partial charge in [0.25, 0.3) is 5.91 Å². The summed E-state index contributed by atoms with van der Waals surface area (Å²) < 4.78 is 1.07. The van der Waals surface area contributed by atoms with Gasteiger partial charge in [0.1, 0.15) is 0 Å². The van der Waals surface area contributed by atoms with Crippen molar-refractivity contribution < 1.29 is 4.79 Å². The molecule has 1 unspecified atom stereocenters. The van der Waals surface area contributed by atoms with Crippen molar-refractivity contribution in [2.75, 3.05) is 0 Å². The molecule has 0 heterocycles. The van der Waals surface area contributed by atoms with Crippen LogP contribution in [-0.4, -0.2) is 11.9 Å². The highest BCUT2D eigenvalue weighted by Crippen LogP contribution is 2.12. The van der Waals surface area contributed by atoms with E-state index in [0.29, 0.717) is 11.1 Å². The molecule has 0 saturated heterocycles. The molecule has 0 spiro atoms. The van der Waals surface area contributed by atoms with Crippen molar-refractivity contribution in [1.29, 1.82) is 5.26 Å². The number of benzene rings is 2. The molecule has 2 aromatic rings. The maximum atomic E-state index is 12.1. The fraction of sp³-hybridized carbons (Fsp3) is 0.222. The maximum absolute atomic E-state index is 12.1. The Morgan fingerprint density at radius 2 is 1.82 bits per heavy atom. The molecule has 4 heteroatoms. The molecule has 0 saturated carbocycles. The minimum Gasteiger partial charge on any atom is -0.350 e. The molecule has 0 aliphatic rings. The van der Waals surface area contributed by atoms with E-state index in [-0.39, 0.29) is 11.9 Å². The molecule has 0 aliphatic heterocycles. The summed E-state index contributed by atoms with van der Waals surface area (Å²) in [4.78, 5) is 12.1. The predicted molar refractivity (Wildman–Crippen MR) is 90.5 cm³/mol. The number of hydrogen-bond acceptors (Lipinski definition) is 2. The van der Waals surface area contributed by atoms with Crippen LogP contribution in [0.3, 0.4) is 0 Å². The fourth-order valence-corrected chi connectivity index (χ4v) is 2.37. The van der Waals surface area contributed by atoms with Crippen molar-refractivity contribution in [3.05, 3.63) is 69.7 Å². The predicted octanol–water partition coefficient (Wildman–Crippen LogP) is 4.07. The third-order valence-electron chi connectivity index (χ3n) is 3.43. The van der Waals surface area contributed by atoms with Crippen LogP contribution in [0.4, 0.5) is 0 Å². The van der Waals surface area contributed by atoms with Crippen LogP contribution in [0, 0.1) is 11.3 Å². The average molecular weight is 357 g/mol. The Labute approximate surface area is 139 Å². The van der Waals surface area contributed by atoms with Gasteiger partial charge in [-0.1, -0.05) is 28.1 Å². The maximum Gasteiger partial charge on any atom is 0.251 e. The van der Waals surface area contributed by atoms with E-state index in [1.807, 2.05) is 25.1 Å². The van der Waals surface area contributed by atoms with Gasteiger partial charge in [-0.25, -0.2) is 0 Å². The van der Waals surface area contributed by atoms with E-state index in [0.717, 1.165) is 17.3 Å². The van der Waals surface area contributed by atoms with Crippen LogP contribution < -0.4 is 5.32 Å². The van der Waals surface area contributed by atoms with Crippen LogP contribution in [-0.2, 0) is 6.42 Å². The first-order valence-corrected chi connectivity index (χ1v) is 7.93. The molecule has 1 N–H and O–H groups in total. The molecule has 2 rings (SSSR count). The zero-order valence-corrected chi connectivity index (χ0v) is 13.9. The number of carbonyl (C=O) groups is 1. The van der Waals surface area contributed by atoms with Gasteiger partial charge in [0.15, 0.2) is 0 Å². The highest BCUT2D eigenvalue weighted by molar-refractivity contribution is 9.10. The zero-order valence-electron chi connectivity index (χ0n) is 12.3. The van der Waals surface area contributed by atoms with Crippen LogP contribution in [0.25, 0.3) is 0 Å². The van der Waals surface area contributed by atoms with Gasteiger partial charge in [-0.05, 0) is 61.7 Å². The monoisotopic (exact) mass is 356 g/mol. The van der Waals surface area contributed by atoms with Crippen LogP contribution in [0.15, 0.2) is 53.0 Å². The lowest BCUT2D eigenvalue weighted by Gasteiger charge is -2.14. The van der Waals surface area contributed by atoms with E-state index in [4.69, 9.17) is 5.26 Å². The molecule has 0 bridgehead atoms. The number of nitrogens with zero attached hydrogens (tertiary/aromatic N) is 1. The molecular formula is C18H17BrN2O. The molecule has 0 aliphatic carbocycles. The molecule has 1 atom stereocenters. The molecule has 0 radical (unpaired) electrons. The fourth-order valence-electron chi connectivity index (χ4n) is 2.11. The topological polar surface area (TPSA) is 52.9 Å². The van der Waals surface area contributed by atoms with Gasteiger partial charge in [0, 0.05) is 16.1 Å². The van der Waals surface area contributed by atoms with Gasteiger partial charge in [0.2, 0.25) is 0 Å². The Hall–Kier alpha value is -2.12. The van der Waals surface area contributed by atoms with Gasteiger partial charge in [0.05, 0.1) is 11.6 Å². The summed E-state index contributed by atoms with van der Waals surface area (Å²) >= 11 is 3.42. The molecule has 1 amide bonds. The van der Waals surface area contributed by atoms with E-state index >= 15 is 0 Å². The van der Waals surface area contributed by atoms with Crippen molar-refractivity contribution in [2.45, 2.75) is 25.8 Å². The summed E-state index contributed by atoms with van der Waals surface area (Å²) in [6, 6.07) is 17.0. The normalized spacial score (nSPS) is 11.5. The Morgan fingerprint density at radius 1 is 1.18 bits per heavy atom. The highest BCUT2D eigenvalue weighted by Gasteiger charge is 2.09. The number of nitrogens with one attached hydrogen (secondary N) is 1. The summed E-state index contributed by atoms with van der Waals surface area (Å²) in [6.45, 7) is 2.00. The smallest absolute Gasteiger partial charge is 0.251 e. The van der Waals surface area contributed by atoms with E-state index in [1.165, 1.54) is 5.56 Å². The van der Waals surface area contributed by atoms with Gasteiger partial charge in [-0.2, -0.15) is 5.26 Å². The van der Waals surface area contributed by atoms with Crippen molar-refractivity contribution in [2.24, 2.45) is 0 Å². The number of nitriles is 1. The number of halogens is 1.